The van der Waals surface area contributed by atoms with Gasteiger partial charge in [0, 0.05) is 24.0 Å². The van der Waals surface area contributed by atoms with Crippen LogP contribution in [0, 0.1) is 13.8 Å². The zero-order chi connectivity index (χ0) is 29.1. The van der Waals surface area contributed by atoms with E-state index in [0.29, 0.717) is 26.4 Å². The van der Waals surface area contributed by atoms with Crippen molar-refractivity contribution < 1.29 is 23.7 Å². The Morgan fingerprint density at radius 1 is 0.929 bits per heavy atom. The van der Waals surface area contributed by atoms with Crippen molar-refractivity contribution in [2.24, 2.45) is 0 Å². The summed E-state index contributed by atoms with van der Waals surface area (Å²) in [6, 6.07) is 17.3. The lowest BCUT2D eigenvalue weighted by atomic mass is 9.99. The number of nitrogens with zero attached hydrogens (tertiary/aromatic N) is 6. The molecule has 3 aromatic heterocycles. The molecule has 0 spiro atoms. The minimum atomic E-state index is -0.546. The van der Waals surface area contributed by atoms with E-state index < -0.39 is 12.2 Å². The van der Waals surface area contributed by atoms with Crippen LogP contribution < -0.4 is 9.47 Å². The molecule has 42 heavy (non-hydrogen) atoms. The van der Waals surface area contributed by atoms with E-state index in [1.165, 1.54) is 0 Å². The molecule has 5 aromatic rings. The van der Waals surface area contributed by atoms with Gasteiger partial charge in [0.1, 0.15) is 29.7 Å². The van der Waals surface area contributed by atoms with Crippen LogP contribution in [-0.4, -0.2) is 56.5 Å². The molecule has 3 atom stereocenters. The van der Waals surface area contributed by atoms with Gasteiger partial charge in [-0.3, -0.25) is 0 Å². The second-order valence-electron chi connectivity index (χ2n) is 10.3. The van der Waals surface area contributed by atoms with Gasteiger partial charge in [0.15, 0.2) is 5.65 Å². The molecule has 2 aromatic carbocycles. The van der Waals surface area contributed by atoms with Crippen molar-refractivity contribution in [3.63, 3.8) is 0 Å². The van der Waals surface area contributed by atoms with Crippen molar-refractivity contribution in [3.8, 4) is 11.5 Å². The molecule has 0 bridgehead atoms. The number of hydrogen-bond donors (Lipinski definition) is 0. The third-order valence-corrected chi connectivity index (χ3v) is 7.48. The van der Waals surface area contributed by atoms with Crippen LogP contribution in [0.3, 0.4) is 0 Å². The van der Waals surface area contributed by atoms with Crippen LogP contribution in [0.25, 0.3) is 5.65 Å². The average Bonchev–Trinajstić information content (AvgIpc) is 3.60. The van der Waals surface area contributed by atoms with Crippen LogP contribution in [0.4, 0.5) is 0 Å². The normalized spacial score (nSPS) is 16.2. The van der Waals surface area contributed by atoms with Crippen LogP contribution in [-0.2, 0) is 34.0 Å². The van der Waals surface area contributed by atoms with E-state index in [1.54, 1.807) is 18.7 Å². The van der Waals surface area contributed by atoms with E-state index in [4.69, 9.17) is 23.7 Å². The Hall–Kier alpha value is -4.32. The predicted octanol–water partition coefficient (Wildman–Crippen LogP) is 4.57. The topological polar surface area (TPSA) is 107 Å². The summed E-state index contributed by atoms with van der Waals surface area (Å²) < 4.78 is 33.9. The fraction of sp³-hybridized carbons (Fsp3) is 0.355. The Morgan fingerprint density at radius 3 is 2.26 bits per heavy atom. The molecule has 0 radical (unpaired) electrons. The maximum Gasteiger partial charge on any atom is 0.155 e. The zero-order valence-electron chi connectivity index (χ0n) is 24.1. The van der Waals surface area contributed by atoms with Crippen molar-refractivity contribution in [2.45, 2.75) is 51.9 Å². The summed E-state index contributed by atoms with van der Waals surface area (Å²) in [6.07, 6.45) is 2.72. The summed E-state index contributed by atoms with van der Waals surface area (Å²) in [6.45, 7) is 5.39. The van der Waals surface area contributed by atoms with Crippen LogP contribution in [0.2, 0.25) is 0 Å². The summed E-state index contributed by atoms with van der Waals surface area (Å²) in [5.74, 6) is 1.57. The van der Waals surface area contributed by atoms with Gasteiger partial charge in [-0.25, -0.2) is 14.2 Å². The number of ether oxygens (including phenoxy) is 5. The van der Waals surface area contributed by atoms with E-state index in [1.807, 2.05) is 85.5 Å². The van der Waals surface area contributed by atoms with Crippen molar-refractivity contribution in [1.82, 2.24) is 29.6 Å². The zero-order valence-corrected chi connectivity index (χ0v) is 24.1. The Labute approximate surface area is 244 Å². The lowest BCUT2D eigenvalue weighted by Gasteiger charge is -2.36. The SMILES string of the molecule is COc1ccc(CO[C@H]([C@H](OCc2ccc(OC)cc2)c2cnc3cc(C)nn3c2)[C@@H]2COCc3c(C)nnn32)cc1. The number of methoxy groups -OCH3 is 2. The number of fused-ring (bicyclic) bond motifs is 2. The van der Waals surface area contributed by atoms with E-state index in [-0.39, 0.29) is 6.04 Å². The van der Waals surface area contributed by atoms with Gasteiger partial charge in [0.25, 0.3) is 0 Å². The molecule has 6 rings (SSSR count). The molecular formula is C31H34N6O5. The highest BCUT2D eigenvalue weighted by molar-refractivity contribution is 5.39. The molecule has 4 heterocycles. The molecule has 0 fully saturated rings. The summed E-state index contributed by atoms with van der Waals surface area (Å²) >= 11 is 0. The fourth-order valence-corrected chi connectivity index (χ4v) is 5.17. The van der Waals surface area contributed by atoms with Crippen LogP contribution in [0.15, 0.2) is 67.0 Å². The number of rotatable bonds is 11. The van der Waals surface area contributed by atoms with Crippen molar-refractivity contribution in [2.75, 3.05) is 20.8 Å². The third kappa shape index (κ3) is 5.85. The summed E-state index contributed by atoms with van der Waals surface area (Å²) in [4.78, 5) is 4.68. The van der Waals surface area contributed by atoms with Gasteiger partial charge in [-0.1, -0.05) is 29.5 Å². The number of aryl methyl sites for hydroxylation is 2. The van der Waals surface area contributed by atoms with E-state index in [9.17, 15) is 0 Å². The Balaban J connectivity index is 1.38. The summed E-state index contributed by atoms with van der Waals surface area (Å²) in [5, 5.41) is 13.4. The molecular weight excluding hydrogens is 536 g/mol. The molecule has 11 nitrogen and oxygen atoms in total. The lowest BCUT2D eigenvalue weighted by molar-refractivity contribution is -0.130. The fourth-order valence-electron chi connectivity index (χ4n) is 5.17. The van der Waals surface area contributed by atoms with Crippen molar-refractivity contribution in [3.05, 3.63) is 101 Å². The Bertz CT molecular complexity index is 1630. The summed E-state index contributed by atoms with van der Waals surface area (Å²) in [7, 11) is 3.30. The van der Waals surface area contributed by atoms with Crippen LogP contribution in [0.5, 0.6) is 11.5 Å². The van der Waals surface area contributed by atoms with Crippen molar-refractivity contribution >= 4 is 5.65 Å². The van der Waals surface area contributed by atoms with Crippen LogP contribution >= 0.6 is 0 Å². The first-order chi connectivity index (χ1) is 20.5. The molecule has 11 heteroatoms. The van der Waals surface area contributed by atoms with E-state index >= 15 is 0 Å². The highest BCUT2D eigenvalue weighted by Crippen LogP contribution is 2.35. The minimum absolute atomic E-state index is 0.302. The molecule has 218 valence electrons. The van der Waals surface area contributed by atoms with Crippen molar-refractivity contribution in [1.29, 1.82) is 0 Å². The second-order valence-corrected chi connectivity index (χ2v) is 10.3. The number of hydrogen-bond acceptors (Lipinski definition) is 9. The monoisotopic (exact) mass is 570 g/mol. The minimum Gasteiger partial charge on any atom is -0.497 e. The van der Waals surface area contributed by atoms with Gasteiger partial charge < -0.3 is 23.7 Å². The first-order valence-electron chi connectivity index (χ1n) is 13.8. The molecule has 0 unspecified atom stereocenters. The molecule has 0 amide bonds. The quantitative estimate of drug-likeness (QED) is 0.226. The van der Waals surface area contributed by atoms with E-state index in [0.717, 1.165) is 50.9 Å². The molecule has 1 aliphatic rings. The van der Waals surface area contributed by atoms with Gasteiger partial charge in [0.05, 0.1) is 57.7 Å². The maximum absolute atomic E-state index is 6.75. The molecule has 1 aliphatic heterocycles. The van der Waals surface area contributed by atoms with Gasteiger partial charge in [-0.05, 0) is 49.2 Å². The van der Waals surface area contributed by atoms with Gasteiger partial charge in [-0.15, -0.1) is 5.10 Å². The van der Waals surface area contributed by atoms with Gasteiger partial charge in [-0.2, -0.15) is 5.10 Å². The first kappa shape index (κ1) is 27.8. The number of aromatic nitrogens is 6. The summed E-state index contributed by atoms with van der Waals surface area (Å²) in [5.41, 5.74) is 6.22. The highest BCUT2D eigenvalue weighted by atomic mass is 16.5. The van der Waals surface area contributed by atoms with Gasteiger partial charge >= 0.3 is 0 Å². The molecule has 0 saturated carbocycles. The van der Waals surface area contributed by atoms with Crippen LogP contribution in [0.1, 0.15) is 45.9 Å². The maximum atomic E-state index is 6.75. The standard InChI is InChI=1S/C31H34N6O5/c1-20-13-29-32-14-24(15-36(29)34-20)30(41-16-22-5-9-25(38-3)10-6-22)31(42-17-23-7-11-26(39-4)12-8-23)28-19-40-18-27-21(2)33-35-37(27)28/h5-15,28,30-31H,16-19H2,1-4H3/t28-,30+,31-/m0/s1. The number of benzene rings is 2. The first-order valence-corrected chi connectivity index (χ1v) is 13.8. The second kappa shape index (κ2) is 12.3. The third-order valence-electron chi connectivity index (χ3n) is 7.48. The highest BCUT2D eigenvalue weighted by Gasteiger charge is 2.38. The predicted molar refractivity (Wildman–Crippen MR) is 153 cm³/mol. The Kier molecular flexibility index (Phi) is 8.13. The average molecular weight is 571 g/mol. The lowest BCUT2D eigenvalue weighted by Crippen LogP contribution is -2.40. The van der Waals surface area contributed by atoms with E-state index in [2.05, 4.69) is 20.4 Å². The molecule has 0 saturated heterocycles. The smallest absolute Gasteiger partial charge is 0.155 e. The Morgan fingerprint density at radius 2 is 1.60 bits per heavy atom. The largest absolute Gasteiger partial charge is 0.497 e. The molecule has 0 N–H and O–H groups in total. The molecule has 0 aliphatic carbocycles. The van der Waals surface area contributed by atoms with Gasteiger partial charge in [0.2, 0.25) is 0 Å².